The number of aryl methyl sites for hydroxylation is 1. The third-order valence-corrected chi connectivity index (χ3v) is 1.74. The van der Waals surface area contributed by atoms with Crippen LogP contribution < -0.4 is 4.74 Å². The summed E-state index contributed by atoms with van der Waals surface area (Å²) in [6, 6.07) is 1.14. The summed E-state index contributed by atoms with van der Waals surface area (Å²) in [6.07, 6.45) is -6.35. The minimum absolute atomic E-state index is 0.0480. The first-order valence-electron chi connectivity index (χ1n) is 4.03. The third kappa shape index (κ3) is 3.54. The standard InChI is InChI=1S/C8H8ClF3N2O/c1-4(8(10,11)12)15-7-3-6(9)13-5(2)14-7/h3-4H,1-2H3. The van der Waals surface area contributed by atoms with E-state index in [9.17, 15) is 13.2 Å². The highest BCUT2D eigenvalue weighted by molar-refractivity contribution is 6.29. The molecule has 0 N–H and O–H groups in total. The molecule has 0 radical (unpaired) electrons. The van der Waals surface area contributed by atoms with Crippen LogP contribution in [0, 0.1) is 6.92 Å². The minimum atomic E-state index is -4.43. The molecule has 0 bridgehead atoms. The van der Waals surface area contributed by atoms with Crippen LogP contribution in [0.1, 0.15) is 12.7 Å². The predicted octanol–water partition coefficient (Wildman–Crippen LogP) is 2.77. The molecule has 0 aliphatic carbocycles. The zero-order valence-electron chi connectivity index (χ0n) is 7.97. The van der Waals surface area contributed by atoms with Gasteiger partial charge in [-0.15, -0.1) is 0 Å². The molecule has 3 nitrogen and oxygen atoms in total. The molecule has 1 atom stereocenters. The zero-order chi connectivity index (χ0) is 11.6. The number of aromatic nitrogens is 2. The summed E-state index contributed by atoms with van der Waals surface area (Å²) in [5.74, 6) is 0.0733. The fraction of sp³-hybridized carbons (Fsp3) is 0.500. The maximum atomic E-state index is 12.1. The smallest absolute Gasteiger partial charge is 0.425 e. The highest BCUT2D eigenvalue weighted by atomic mass is 35.5. The molecule has 0 fully saturated rings. The normalized spacial score (nSPS) is 13.7. The van der Waals surface area contributed by atoms with E-state index in [1.807, 2.05) is 0 Å². The summed E-state index contributed by atoms with van der Waals surface area (Å²) < 4.78 is 41.0. The van der Waals surface area contributed by atoms with E-state index in [2.05, 4.69) is 14.7 Å². The number of alkyl halides is 3. The zero-order valence-corrected chi connectivity index (χ0v) is 8.73. The van der Waals surface area contributed by atoms with E-state index in [0.29, 0.717) is 0 Å². The van der Waals surface area contributed by atoms with Crippen LogP contribution in [0.2, 0.25) is 5.15 Å². The van der Waals surface area contributed by atoms with Crippen LogP contribution in [0.15, 0.2) is 6.07 Å². The van der Waals surface area contributed by atoms with Gasteiger partial charge in [0.1, 0.15) is 11.0 Å². The largest absolute Gasteiger partial charge is 0.465 e. The van der Waals surface area contributed by atoms with Crippen molar-refractivity contribution in [3.05, 3.63) is 17.0 Å². The Hall–Kier alpha value is -1.04. The van der Waals surface area contributed by atoms with Crippen LogP contribution in [-0.4, -0.2) is 22.2 Å². The summed E-state index contributed by atoms with van der Waals surface area (Å²) in [4.78, 5) is 7.37. The van der Waals surface area contributed by atoms with E-state index in [0.717, 1.165) is 13.0 Å². The van der Waals surface area contributed by atoms with Crippen molar-refractivity contribution in [2.45, 2.75) is 26.1 Å². The third-order valence-electron chi connectivity index (χ3n) is 1.54. The van der Waals surface area contributed by atoms with Gasteiger partial charge >= 0.3 is 6.18 Å². The first kappa shape index (κ1) is 12.0. The predicted molar refractivity (Wildman–Crippen MR) is 47.9 cm³/mol. The molecule has 1 heterocycles. The Morgan fingerprint density at radius 3 is 2.47 bits per heavy atom. The van der Waals surface area contributed by atoms with Gasteiger partial charge in [-0.3, -0.25) is 0 Å². The molecule has 0 saturated carbocycles. The Morgan fingerprint density at radius 1 is 1.40 bits per heavy atom. The van der Waals surface area contributed by atoms with E-state index in [1.54, 1.807) is 0 Å². The van der Waals surface area contributed by atoms with Crippen LogP contribution in [0.25, 0.3) is 0 Å². The van der Waals surface area contributed by atoms with Gasteiger partial charge in [-0.05, 0) is 13.8 Å². The molecule has 7 heteroatoms. The Morgan fingerprint density at radius 2 is 2.00 bits per heavy atom. The molecule has 1 rings (SSSR count). The van der Waals surface area contributed by atoms with Crippen LogP contribution in [-0.2, 0) is 0 Å². The van der Waals surface area contributed by atoms with Gasteiger partial charge in [-0.1, -0.05) is 11.6 Å². The summed E-state index contributed by atoms with van der Waals surface area (Å²) in [7, 11) is 0. The first-order valence-corrected chi connectivity index (χ1v) is 4.41. The Balaban J connectivity index is 2.81. The fourth-order valence-corrected chi connectivity index (χ4v) is 1.03. The molecule has 15 heavy (non-hydrogen) atoms. The first-order chi connectivity index (χ1) is 6.79. The summed E-state index contributed by atoms with van der Waals surface area (Å²) >= 11 is 5.54. The lowest BCUT2D eigenvalue weighted by atomic mass is 10.4. The fourth-order valence-electron chi connectivity index (χ4n) is 0.814. The lowest BCUT2D eigenvalue weighted by Gasteiger charge is -2.16. The van der Waals surface area contributed by atoms with Crippen molar-refractivity contribution in [2.24, 2.45) is 0 Å². The Kier molecular flexibility index (Phi) is 3.38. The molecule has 0 amide bonds. The van der Waals surface area contributed by atoms with Gasteiger partial charge in [0.25, 0.3) is 0 Å². The number of nitrogens with zero attached hydrogens (tertiary/aromatic N) is 2. The molecule has 84 valence electrons. The number of hydrogen-bond donors (Lipinski definition) is 0. The van der Waals surface area contributed by atoms with E-state index in [-0.39, 0.29) is 16.9 Å². The molecule has 0 saturated heterocycles. The molecule has 1 aromatic rings. The molecular formula is C8H8ClF3N2O. The second-order valence-corrected chi connectivity index (χ2v) is 3.27. The van der Waals surface area contributed by atoms with Gasteiger partial charge in [-0.2, -0.15) is 18.2 Å². The van der Waals surface area contributed by atoms with Crippen molar-refractivity contribution >= 4 is 11.6 Å². The average molecular weight is 241 g/mol. The lowest BCUT2D eigenvalue weighted by Crippen LogP contribution is -2.31. The number of hydrogen-bond acceptors (Lipinski definition) is 3. The van der Waals surface area contributed by atoms with Gasteiger partial charge in [0.05, 0.1) is 0 Å². The monoisotopic (exact) mass is 240 g/mol. The van der Waals surface area contributed by atoms with Crippen molar-refractivity contribution < 1.29 is 17.9 Å². The van der Waals surface area contributed by atoms with Crippen LogP contribution in [0.3, 0.4) is 0 Å². The Labute approximate surface area is 89.2 Å². The topological polar surface area (TPSA) is 35.0 Å². The maximum absolute atomic E-state index is 12.1. The lowest BCUT2D eigenvalue weighted by molar-refractivity contribution is -0.190. The van der Waals surface area contributed by atoms with Gasteiger partial charge in [-0.25, -0.2) is 4.98 Å². The molecule has 0 aromatic carbocycles. The second-order valence-electron chi connectivity index (χ2n) is 2.88. The molecular weight excluding hydrogens is 233 g/mol. The quantitative estimate of drug-likeness (QED) is 0.746. The Bertz CT molecular complexity index is 336. The highest BCUT2D eigenvalue weighted by Crippen LogP contribution is 2.24. The summed E-state index contributed by atoms with van der Waals surface area (Å²) in [6.45, 7) is 2.41. The van der Waals surface area contributed by atoms with Crippen molar-refractivity contribution in [1.82, 2.24) is 9.97 Å². The van der Waals surface area contributed by atoms with Crippen LogP contribution in [0.4, 0.5) is 13.2 Å². The van der Waals surface area contributed by atoms with Crippen molar-refractivity contribution in [3.8, 4) is 5.88 Å². The summed E-state index contributed by atoms with van der Waals surface area (Å²) in [5.41, 5.74) is 0. The second kappa shape index (κ2) is 4.22. The van der Waals surface area contributed by atoms with E-state index < -0.39 is 12.3 Å². The molecule has 1 aromatic heterocycles. The van der Waals surface area contributed by atoms with E-state index in [4.69, 9.17) is 11.6 Å². The minimum Gasteiger partial charge on any atom is -0.465 e. The van der Waals surface area contributed by atoms with Gasteiger partial charge in [0.15, 0.2) is 6.10 Å². The highest BCUT2D eigenvalue weighted by Gasteiger charge is 2.38. The van der Waals surface area contributed by atoms with Gasteiger partial charge in [0, 0.05) is 6.07 Å². The molecule has 0 aliphatic heterocycles. The SMILES string of the molecule is Cc1nc(Cl)cc(OC(C)C(F)(F)F)n1. The molecule has 1 unspecified atom stereocenters. The van der Waals surface area contributed by atoms with E-state index >= 15 is 0 Å². The van der Waals surface area contributed by atoms with Crippen LogP contribution in [0.5, 0.6) is 5.88 Å². The average Bonchev–Trinajstić information content (AvgIpc) is 1.99. The maximum Gasteiger partial charge on any atom is 0.425 e. The van der Waals surface area contributed by atoms with Crippen molar-refractivity contribution in [1.29, 1.82) is 0 Å². The number of ether oxygens (including phenoxy) is 1. The number of rotatable bonds is 2. The van der Waals surface area contributed by atoms with Gasteiger partial charge < -0.3 is 4.74 Å². The molecule has 0 spiro atoms. The molecule has 0 aliphatic rings. The summed E-state index contributed by atoms with van der Waals surface area (Å²) in [5, 5.41) is 0.0480. The number of halogens is 4. The van der Waals surface area contributed by atoms with Crippen molar-refractivity contribution in [2.75, 3.05) is 0 Å². The van der Waals surface area contributed by atoms with Crippen LogP contribution >= 0.6 is 11.6 Å². The van der Waals surface area contributed by atoms with E-state index in [1.165, 1.54) is 6.92 Å². The van der Waals surface area contributed by atoms with Crippen molar-refractivity contribution in [3.63, 3.8) is 0 Å². The van der Waals surface area contributed by atoms with Gasteiger partial charge in [0.2, 0.25) is 5.88 Å².